The Morgan fingerprint density at radius 1 is 0.970 bits per heavy atom. The zero-order valence-electron chi connectivity index (χ0n) is 17.1. The van der Waals surface area contributed by atoms with Crippen molar-refractivity contribution < 1.29 is 26.4 Å². The third-order valence-electron chi connectivity index (χ3n) is 4.65. The van der Waals surface area contributed by atoms with Gasteiger partial charge >= 0.3 is 0 Å². The van der Waals surface area contributed by atoms with Crippen molar-refractivity contribution >= 4 is 44.8 Å². The maximum atomic E-state index is 13.9. The highest BCUT2D eigenvalue weighted by molar-refractivity contribution is 7.89. The van der Waals surface area contributed by atoms with E-state index in [9.17, 15) is 26.4 Å². The normalized spacial score (nSPS) is 11.6. The Balaban J connectivity index is 1.93. The second-order valence-electron chi connectivity index (χ2n) is 7.09. The third kappa shape index (κ3) is 5.86. The number of sulfonamides is 1. The monoisotopic (exact) mass is 516 g/mol. The Morgan fingerprint density at radius 3 is 2.27 bits per heavy atom. The van der Waals surface area contributed by atoms with Crippen molar-refractivity contribution in [2.45, 2.75) is 18.4 Å². The zero-order chi connectivity index (χ0) is 24.3. The summed E-state index contributed by atoms with van der Waals surface area (Å²) >= 11 is 12.1. The maximum absolute atomic E-state index is 13.9. The molecule has 5 nitrogen and oxygen atoms in total. The first-order valence-electron chi connectivity index (χ1n) is 9.43. The molecule has 0 atom stereocenters. The molecule has 0 aliphatic heterocycles. The minimum Gasteiger partial charge on any atom is -0.322 e. The predicted molar refractivity (Wildman–Crippen MR) is 120 cm³/mol. The average molecular weight is 517 g/mol. The van der Waals surface area contributed by atoms with E-state index in [4.69, 9.17) is 23.2 Å². The van der Waals surface area contributed by atoms with Gasteiger partial charge in [0.25, 0.3) is 0 Å². The van der Waals surface area contributed by atoms with Crippen molar-refractivity contribution in [3.8, 4) is 0 Å². The van der Waals surface area contributed by atoms with Crippen LogP contribution in [0.25, 0.3) is 0 Å². The first-order valence-corrected chi connectivity index (χ1v) is 11.6. The summed E-state index contributed by atoms with van der Waals surface area (Å²) in [5, 5.41) is 2.59. The second kappa shape index (κ2) is 10.1. The molecule has 0 bridgehead atoms. The summed E-state index contributed by atoms with van der Waals surface area (Å²) in [7, 11) is -4.20. The molecule has 0 spiro atoms. The zero-order valence-corrected chi connectivity index (χ0v) is 19.4. The van der Waals surface area contributed by atoms with Gasteiger partial charge in [0.15, 0.2) is 17.5 Å². The summed E-state index contributed by atoms with van der Waals surface area (Å²) in [4.78, 5) is 12.5. The standard InChI is InChI=1S/C22H17Cl2F3N2O3S/c1-13-2-6-16(7-3-13)33(31,32)29(11-14-4-5-15(23)10-17(14)24)12-20(30)28-19-9-8-18(25)21(26)22(19)27/h2-10H,11-12H2,1H3,(H,28,30). The van der Waals surface area contributed by atoms with Gasteiger partial charge in [0.1, 0.15) is 0 Å². The van der Waals surface area contributed by atoms with Crippen LogP contribution in [0, 0.1) is 24.4 Å². The van der Waals surface area contributed by atoms with Crippen LogP contribution in [0.15, 0.2) is 59.5 Å². The van der Waals surface area contributed by atoms with Crippen molar-refractivity contribution in [2.75, 3.05) is 11.9 Å². The molecule has 0 aromatic heterocycles. The van der Waals surface area contributed by atoms with Gasteiger partial charge in [-0.2, -0.15) is 4.31 Å². The highest BCUT2D eigenvalue weighted by Gasteiger charge is 2.28. The molecule has 0 unspecified atom stereocenters. The number of benzene rings is 3. The van der Waals surface area contributed by atoms with Gasteiger partial charge in [-0.15, -0.1) is 0 Å². The van der Waals surface area contributed by atoms with E-state index in [0.717, 1.165) is 15.9 Å². The number of hydrogen-bond acceptors (Lipinski definition) is 3. The van der Waals surface area contributed by atoms with Gasteiger partial charge in [0.05, 0.1) is 17.1 Å². The number of hydrogen-bond donors (Lipinski definition) is 1. The minimum atomic E-state index is -4.20. The molecule has 0 heterocycles. The number of carbonyl (C=O) groups excluding carboxylic acids is 1. The lowest BCUT2D eigenvalue weighted by molar-refractivity contribution is -0.116. The highest BCUT2D eigenvalue weighted by Crippen LogP contribution is 2.26. The molecule has 174 valence electrons. The van der Waals surface area contributed by atoms with E-state index in [-0.39, 0.29) is 16.5 Å². The van der Waals surface area contributed by atoms with Crippen molar-refractivity contribution in [3.05, 3.63) is 93.2 Å². The third-order valence-corrected chi connectivity index (χ3v) is 7.04. The molecule has 1 N–H and O–H groups in total. The van der Waals surface area contributed by atoms with Crippen LogP contribution in [0.3, 0.4) is 0 Å². The van der Waals surface area contributed by atoms with Crippen LogP contribution in [0.4, 0.5) is 18.9 Å². The number of rotatable bonds is 7. The number of halogens is 5. The fourth-order valence-corrected chi connectivity index (χ4v) is 4.74. The fraction of sp³-hybridized carbons (Fsp3) is 0.136. The van der Waals surface area contributed by atoms with Crippen LogP contribution >= 0.6 is 23.2 Å². The van der Waals surface area contributed by atoms with Gasteiger partial charge < -0.3 is 5.32 Å². The predicted octanol–water partition coefficient (Wildman–Crippen LogP) is 5.55. The fourth-order valence-electron chi connectivity index (χ4n) is 2.90. The lowest BCUT2D eigenvalue weighted by Crippen LogP contribution is -2.37. The average Bonchev–Trinajstić information content (AvgIpc) is 2.75. The van der Waals surface area contributed by atoms with E-state index < -0.39 is 45.6 Å². The van der Waals surface area contributed by atoms with Crippen LogP contribution in [-0.2, 0) is 21.4 Å². The molecule has 3 rings (SSSR count). The molecule has 0 saturated heterocycles. The summed E-state index contributed by atoms with van der Waals surface area (Å²) in [5.41, 5.74) is 0.562. The van der Waals surface area contributed by atoms with Gasteiger partial charge in [-0.3, -0.25) is 4.79 Å². The minimum absolute atomic E-state index is 0.0787. The maximum Gasteiger partial charge on any atom is 0.243 e. The summed E-state index contributed by atoms with van der Waals surface area (Å²) in [6.07, 6.45) is 0. The van der Waals surface area contributed by atoms with E-state index in [0.29, 0.717) is 16.7 Å². The SMILES string of the molecule is Cc1ccc(S(=O)(=O)N(CC(=O)Nc2ccc(F)c(F)c2F)Cc2ccc(Cl)cc2Cl)cc1. The quantitative estimate of drug-likeness (QED) is 0.418. The summed E-state index contributed by atoms with van der Waals surface area (Å²) in [6, 6.07) is 11.9. The van der Waals surface area contributed by atoms with Crippen molar-refractivity contribution in [3.63, 3.8) is 0 Å². The number of nitrogens with zero attached hydrogens (tertiary/aromatic N) is 1. The molecule has 0 aliphatic rings. The molecular weight excluding hydrogens is 500 g/mol. The van der Waals surface area contributed by atoms with Gasteiger partial charge in [-0.05, 0) is 48.9 Å². The van der Waals surface area contributed by atoms with Crippen molar-refractivity contribution in [1.29, 1.82) is 0 Å². The van der Waals surface area contributed by atoms with Crippen LogP contribution < -0.4 is 5.32 Å². The molecule has 0 aliphatic carbocycles. The Bertz CT molecular complexity index is 1300. The number of aryl methyl sites for hydroxylation is 1. The van der Waals surface area contributed by atoms with E-state index in [2.05, 4.69) is 5.32 Å². The first-order chi connectivity index (χ1) is 15.5. The van der Waals surface area contributed by atoms with Crippen LogP contribution in [0.5, 0.6) is 0 Å². The van der Waals surface area contributed by atoms with Crippen LogP contribution in [0.2, 0.25) is 10.0 Å². The van der Waals surface area contributed by atoms with E-state index in [1.807, 2.05) is 0 Å². The molecule has 3 aromatic rings. The van der Waals surface area contributed by atoms with Crippen LogP contribution in [0.1, 0.15) is 11.1 Å². The van der Waals surface area contributed by atoms with Crippen molar-refractivity contribution in [2.24, 2.45) is 0 Å². The second-order valence-corrected chi connectivity index (χ2v) is 9.87. The topological polar surface area (TPSA) is 66.5 Å². The molecule has 0 radical (unpaired) electrons. The molecule has 11 heteroatoms. The summed E-state index contributed by atoms with van der Waals surface area (Å²) < 4.78 is 68.0. The van der Waals surface area contributed by atoms with Gasteiger partial charge in [-0.25, -0.2) is 21.6 Å². The van der Waals surface area contributed by atoms with Gasteiger partial charge in [0, 0.05) is 16.6 Å². The molecule has 1 amide bonds. The Labute approximate surface area is 198 Å². The summed E-state index contributed by atoms with van der Waals surface area (Å²) in [5.74, 6) is -5.76. The Hall–Kier alpha value is -2.59. The molecular formula is C22H17Cl2F3N2O3S. The summed E-state index contributed by atoms with van der Waals surface area (Å²) in [6.45, 7) is 0.721. The largest absolute Gasteiger partial charge is 0.322 e. The Kier molecular flexibility index (Phi) is 7.69. The smallest absolute Gasteiger partial charge is 0.243 e. The number of amides is 1. The van der Waals surface area contributed by atoms with E-state index in [1.54, 1.807) is 19.1 Å². The lowest BCUT2D eigenvalue weighted by atomic mass is 10.2. The van der Waals surface area contributed by atoms with Crippen LogP contribution in [-0.4, -0.2) is 25.2 Å². The van der Waals surface area contributed by atoms with Crippen molar-refractivity contribution in [1.82, 2.24) is 4.31 Å². The number of nitrogens with one attached hydrogen (secondary N) is 1. The van der Waals surface area contributed by atoms with E-state index >= 15 is 0 Å². The lowest BCUT2D eigenvalue weighted by Gasteiger charge is -2.23. The number of carbonyl (C=O) groups is 1. The van der Waals surface area contributed by atoms with E-state index in [1.165, 1.54) is 30.3 Å². The molecule has 33 heavy (non-hydrogen) atoms. The van der Waals surface area contributed by atoms with Gasteiger partial charge in [-0.1, -0.05) is 47.0 Å². The molecule has 0 fully saturated rings. The highest BCUT2D eigenvalue weighted by atomic mass is 35.5. The first kappa shape index (κ1) is 25.0. The number of anilines is 1. The molecule has 0 saturated carbocycles. The van der Waals surface area contributed by atoms with Gasteiger partial charge in [0.2, 0.25) is 15.9 Å². The molecule has 3 aromatic carbocycles. The Morgan fingerprint density at radius 2 is 1.64 bits per heavy atom.